The molecule has 1 heterocycles. The van der Waals surface area contributed by atoms with E-state index in [1.54, 1.807) is 6.92 Å². The van der Waals surface area contributed by atoms with Gasteiger partial charge in [0.1, 0.15) is 0 Å². The first-order chi connectivity index (χ1) is 8.44. The van der Waals surface area contributed by atoms with Crippen LogP contribution in [0.4, 0.5) is 0 Å². The Morgan fingerprint density at radius 2 is 2.00 bits per heavy atom. The first-order valence-electron chi connectivity index (χ1n) is 6.22. The molecule has 4 heteroatoms. The van der Waals surface area contributed by atoms with Crippen molar-refractivity contribution >= 4 is 5.91 Å². The zero-order valence-corrected chi connectivity index (χ0v) is 10.9. The predicted molar refractivity (Wildman–Crippen MR) is 70.1 cm³/mol. The van der Waals surface area contributed by atoms with Crippen molar-refractivity contribution in [3.63, 3.8) is 0 Å². The molecule has 0 aliphatic carbocycles. The van der Waals surface area contributed by atoms with Gasteiger partial charge in [-0.15, -0.1) is 0 Å². The first-order valence-corrected chi connectivity index (χ1v) is 6.22. The Hall–Kier alpha value is -1.39. The van der Waals surface area contributed by atoms with Crippen LogP contribution in [0.3, 0.4) is 0 Å². The predicted octanol–water partition coefficient (Wildman–Crippen LogP) is 0.678. The lowest BCUT2D eigenvalue weighted by Crippen LogP contribution is -2.61. The molecule has 98 valence electrons. The van der Waals surface area contributed by atoms with Gasteiger partial charge >= 0.3 is 0 Å². The second kappa shape index (κ2) is 5.08. The molecular formula is C14H20N2O2. The highest BCUT2D eigenvalue weighted by molar-refractivity contribution is 5.78. The van der Waals surface area contributed by atoms with Crippen molar-refractivity contribution in [2.24, 2.45) is 0 Å². The maximum atomic E-state index is 11.7. The summed E-state index contributed by atoms with van der Waals surface area (Å²) < 4.78 is 0. The van der Waals surface area contributed by atoms with E-state index in [4.69, 9.17) is 0 Å². The number of likely N-dealkylation sites (tertiary alicyclic amines) is 1. The van der Waals surface area contributed by atoms with Gasteiger partial charge in [-0.05, 0) is 19.4 Å². The van der Waals surface area contributed by atoms with E-state index in [-0.39, 0.29) is 5.91 Å². The largest absolute Gasteiger partial charge is 0.388 e. The third kappa shape index (κ3) is 3.55. The van der Waals surface area contributed by atoms with E-state index in [1.807, 2.05) is 36.1 Å². The molecule has 1 aromatic carbocycles. The van der Waals surface area contributed by atoms with Crippen molar-refractivity contribution in [1.29, 1.82) is 0 Å². The van der Waals surface area contributed by atoms with Crippen LogP contribution in [0.5, 0.6) is 0 Å². The Balaban J connectivity index is 1.71. The third-order valence-corrected chi connectivity index (χ3v) is 3.11. The molecule has 18 heavy (non-hydrogen) atoms. The van der Waals surface area contributed by atoms with Gasteiger partial charge in [-0.3, -0.25) is 9.69 Å². The van der Waals surface area contributed by atoms with Gasteiger partial charge in [0.05, 0.1) is 12.1 Å². The molecule has 0 aromatic heterocycles. The molecule has 1 fully saturated rings. The standard InChI is InChI=1S/C14H20N2O2/c1-11-3-5-12(6-4-11)7-15-13(17)8-16-9-14(2,18)10-16/h3-6,18H,7-10H2,1-2H3,(H,15,17). The van der Waals surface area contributed by atoms with Crippen LogP contribution < -0.4 is 5.32 Å². The molecule has 1 aliphatic heterocycles. The van der Waals surface area contributed by atoms with E-state index in [9.17, 15) is 9.90 Å². The summed E-state index contributed by atoms with van der Waals surface area (Å²) in [6.07, 6.45) is 0. The number of nitrogens with one attached hydrogen (secondary N) is 1. The highest BCUT2D eigenvalue weighted by atomic mass is 16.3. The Morgan fingerprint density at radius 3 is 2.56 bits per heavy atom. The summed E-state index contributed by atoms with van der Waals surface area (Å²) in [5, 5.41) is 12.4. The number of amides is 1. The van der Waals surface area contributed by atoms with E-state index in [2.05, 4.69) is 5.32 Å². The van der Waals surface area contributed by atoms with Gasteiger partial charge in [0.25, 0.3) is 0 Å². The number of hydrogen-bond acceptors (Lipinski definition) is 3. The molecule has 0 bridgehead atoms. The Bertz CT molecular complexity index is 418. The van der Waals surface area contributed by atoms with Crippen molar-refractivity contribution in [2.45, 2.75) is 26.0 Å². The minimum Gasteiger partial charge on any atom is -0.388 e. The molecule has 0 saturated carbocycles. The number of aliphatic hydroxyl groups is 1. The summed E-state index contributed by atoms with van der Waals surface area (Å²) in [7, 11) is 0. The minimum atomic E-state index is -0.614. The van der Waals surface area contributed by atoms with Crippen LogP contribution >= 0.6 is 0 Å². The minimum absolute atomic E-state index is 0.00563. The fraction of sp³-hybridized carbons (Fsp3) is 0.500. The quantitative estimate of drug-likeness (QED) is 0.824. The lowest BCUT2D eigenvalue weighted by atomic mass is 9.97. The van der Waals surface area contributed by atoms with Crippen LogP contribution in [0.1, 0.15) is 18.1 Å². The number of β-amino-alcohol motifs (C(OH)–C–C–N with tert-alkyl or cyclic N) is 1. The molecular weight excluding hydrogens is 228 g/mol. The zero-order chi connectivity index (χ0) is 13.2. The van der Waals surface area contributed by atoms with Crippen molar-refractivity contribution in [3.8, 4) is 0 Å². The molecule has 0 spiro atoms. The van der Waals surface area contributed by atoms with Gasteiger partial charge < -0.3 is 10.4 Å². The van der Waals surface area contributed by atoms with Crippen molar-refractivity contribution < 1.29 is 9.90 Å². The molecule has 0 atom stereocenters. The van der Waals surface area contributed by atoms with Crippen LogP contribution in [-0.4, -0.2) is 41.1 Å². The maximum absolute atomic E-state index is 11.7. The SMILES string of the molecule is Cc1ccc(CNC(=O)CN2CC(C)(O)C2)cc1. The summed E-state index contributed by atoms with van der Waals surface area (Å²) in [6.45, 7) is 5.90. The summed E-state index contributed by atoms with van der Waals surface area (Å²) in [5.41, 5.74) is 1.70. The number of carbonyl (C=O) groups is 1. The molecule has 1 aliphatic rings. The van der Waals surface area contributed by atoms with Crippen molar-refractivity contribution in [3.05, 3.63) is 35.4 Å². The molecule has 2 N–H and O–H groups in total. The van der Waals surface area contributed by atoms with E-state index >= 15 is 0 Å². The van der Waals surface area contributed by atoms with Crippen LogP contribution in [0.2, 0.25) is 0 Å². The van der Waals surface area contributed by atoms with Gasteiger partial charge in [0.2, 0.25) is 5.91 Å². The summed E-state index contributed by atoms with van der Waals surface area (Å²) in [5.74, 6) is 0.00563. The maximum Gasteiger partial charge on any atom is 0.234 e. The monoisotopic (exact) mass is 248 g/mol. The summed E-state index contributed by atoms with van der Waals surface area (Å²) in [4.78, 5) is 13.6. The van der Waals surface area contributed by atoms with Gasteiger partial charge in [0.15, 0.2) is 0 Å². The smallest absolute Gasteiger partial charge is 0.234 e. The van der Waals surface area contributed by atoms with E-state index in [0.717, 1.165) is 5.56 Å². The van der Waals surface area contributed by atoms with E-state index in [0.29, 0.717) is 26.2 Å². The third-order valence-electron chi connectivity index (χ3n) is 3.11. The molecule has 1 saturated heterocycles. The first kappa shape index (κ1) is 13.1. The molecule has 4 nitrogen and oxygen atoms in total. The normalized spacial score (nSPS) is 18.2. The number of aryl methyl sites for hydroxylation is 1. The zero-order valence-electron chi connectivity index (χ0n) is 10.9. The van der Waals surface area contributed by atoms with Crippen molar-refractivity contribution in [2.75, 3.05) is 19.6 Å². The number of rotatable bonds is 4. The molecule has 0 unspecified atom stereocenters. The van der Waals surface area contributed by atoms with Gasteiger partial charge in [-0.1, -0.05) is 29.8 Å². The second-order valence-electron chi connectivity index (χ2n) is 5.40. The lowest BCUT2D eigenvalue weighted by Gasteiger charge is -2.43. The van der Waals surface area contributed by atoms with Gasteiger partial charge in [0, 0.05) is 19.6 Å². The Kier molecular flexibility index (Phi) is 3.68. The molecule has 0 radical (unpaired) electrons. The summed E-state index contributed by atoms with van der Waals surface area (Å²) >= 11 is 0. The number of carbonyl (C=O) groups excluding carboxylic acids is 1. The highest BCUT2D eigenvalue weighted by Crippen LogP contribution is 2.18. The van der Waals surface area contributed by atoms with Gasteiger partial charge in [-0.2, -0.15) is 0 Å². The van der Waals surface area contributed by atoms with E-state index in [1.165, 1.54) is 5.56 Å². The molecule has 2 rings (SSSR count). The molecule has 1 amide bonds. The van der Waals surface area contributed by atoms with Crippen LogP contribution in [0.25, 0.3) is 0 Å². The second-order valence-corrected chi connectivity index (χ2v) is 5.40. The number of benzene rings is 1. The van der Waals surface area contributed by atoms with Crippen LogP contribution in [0, 0.1) is 6.92 Å². The van der Waals surface area contributed by atoms with Crippen LogP contribution in [-0.2, 0) is 11.3 Å². The number of hydrogen-bond donors (Lipinski definition) is 2. The number of nitrogens with zero attached hydrogens (tertiary/aromatic N) is 1. The lowest BCUT2D eigenvalue weighted by molar-refractivity contribution is -0.130. The van der Waals surface area contributed by atoms with Crippen molar-refractivity contribution in [1.82, 2.24) is 10.2 Å². The Morgan fingerprint density at radius 1 is 1.39 bits per heavy atom. The van der Waals surface area contributed by atoms with E-state index < -0.39 is 5.60 Å². The highest BCUT2D eigenvalue weighted by Gasteiger charge is 2.36. The topological polar surface area (TPSA) is 52.6 Å². The summed E-state index contributed by atoms with van der Waals surface area (Å²) in [6, 6.07) is 8.11. The molecule has 1 aromatic rings. The average molecular weight is 248 g/mol. The average Bonchev–Trinajstić information content (AvgIpc) is 2.26. The Labute approximate surface area is 108 Å². The van der Waals surface area contributed by atoms with Crippen LogP contribution in [0.15, 0.2) is 24.3 Å². The fourth-order valence-corrected chi connectivity index (χ4v) is 2.19. The fourth-order valence-electron chi connectivity index (χ4n) is 2.19. The van der Waals surface area contributed by atoms with Gasteiger partial charge in [-0.25, -0.2) is 0 Å².